The lowest BCUT2D eigenvalue weighted by Crippen LogP contribution is -2.30. The summed E-state index contributed by atoms with van der Waals surface area (Å²) in [5.41, 5.74) is 0.371. The summed E-state index contributed by atoms with van der Waals surface area (Å²) in [4.78, 5) is 22.6. The smallest absolute Gasteiger partial charge is 0.230 e. The van der Waals surface area contributed by atoms with Crippen molar-refractivity contribution in [3.63, 3.8) is 0 Å². The number of amides is 1. The fourth-order valence-electron chi connectivity index (χ4n) is 2.71. The van der Waals surface area contributed by atoms with E-state index in [0.717, 1.165) is 31.7 Å². The highest BCUT2D eigenvalue weighted by molar-refractivity contribution is 5.91. The van der Waals surface area contributed by atoms with E-state index in [4.69, 9.17) is 0 Å². The average Bonchev–Trinajstić information content (AvgIpc) is 2.58. The van der Waals surface area contributed by atoms with Gasteiger partial charge in [-0.15, -0.1) is 0 Å². The number of nitrogens with one attached hydrogen (secondary N) is 1. The first-order valence-corrected chi connectivity index (χ1v) is 7.82. The number of anilines is 2. The van der Waals surface area contributed by atoms with E-state index in [-0.39, 0.29) is 18.1 Å². The van der Waals surface area contributed by atoms with Crippen LogP contribution in [0.3, 0.4) is 0 Å². The van der Waals surface area contributed by atoms with Crippen LogP contribution in [0, 0.1) is 5.82 Å². The molecule has 3 rings (SSSR count). The minimum absolute atomic E-state index is 0.0181. The van der Waals surface area contributed by atoms with Crippen LogP contribution in [0.15, 0.2) is 36.7 Å². The number of benzene rings is 1. The number of piperidine rings is 1. The molecule has 23 heavy (non-hydrogen) atoms. The molecule has 0 unspecified atom stereocenters. The van der Waals surface area contributed by atoms with Crippen molar-refractivity contribution in [2.24, 2.45) is 0 Å². The lowest BCUT2D eigenvalue weighted by Gasteiger charge is -2.27. The third-order valence-corrected chi connectivity index (χ3v) is 3.91. The fraction of sp³-hybridized carbons (Fsp3) is 0.353. The maximum atomic E-state index is 13.6. The third-order valence-electron chi connectivity index (χ3n) is 3.91. The largest absolute Gasteiger partial charge is 0.356 e. The van der Waals surface area contributed by atoms with Gasteiger partial charge in [-0.2, -0.15) is 0 Å². The van der Waals surface area contributed by atoms with Gasteiger partial charge in [-0.25, -0.2) is 14.4 Å². The van der Waals surface area contributed by atoms with Crippen LogP contribution in [-0.2, 0) is 11.2 Å². The molecular weight excluding hydrogens is 295 g/mol. The predicted octanol–water partition coefficient (Wildman–Crippen LogP) is 2.79. The highest BCUT2D eigenvalue weighted by Gasteiger charge is 2.14. The van der Waals surface area contributed by atoms with Crippen LogP contribution >= 0.6 is 0 Å². The molecule has 1 aliphatic rings. The van der Waals surface area contributed by atoms with E-state index in [1.54, 1.807) is 24.3 Å². The van der Waals surface area contributed by atoms with E-state index in [1.165, 1.54) is 18.8 Å². The first-order chi connectivity index (χ1) is 11.2. The molecule has 1 aromatic carbocycles. The molecule has 0 radical (unpaired) electrons. The molecule has 0 aliphatic carbocycles. The zero-order valence-electron chi connectivity index (χ0n) is 12.8. The SMILES string of the molecule is O=C(Cc1ccccc1F)Nc1cc(N2CCCCC2)ncn1. The minimum atomic E-state index is -0.376. The lowest BCUT2D eigenvalue weighted by atomic mass is 10.1. The van der Waals surface area contributed by atoms with Crippen LogP contribution in [-0.4, -0.2) is 29.0 Å². The average molecular weight is 314 g/mol. The first kappa shape index (κ1) is 15.4. The Morgan fingerprint density at radius 1 is 1.17 bits per heavy atom. The molecule has 1 fully saturated rings. The van der Waals surface area contributed by atoms with Crippen molar-refractivity contribution >= 4 is 17.5 Å². The molecule has 0 atom stereocenters. The van der Waals surface area contributed by atoms with Crippen molar-refractivity contribution in [1.82, 2.24) is 9.97 Å². The summed E-state index contributed by atoms with van der Waals surface area (Å²) >= 11 is 0. The Kier molecular flexibility index (Phi) is 4.80. The van der Waals surface area contributed by atoms with Crippen LogP contribution in [0.1, 0.15) is 24.8 Å². The number of rotatable bonds is 4. The Morgan fingerprint density at radius 3 is 2.74 bits per heavy atom. The summed E-state index contributed by atoms with van der Waals surface area (Å²) in [6.45, 7) is 1.94. The summed E-state index contributed by atoms with van der Waals surface area (Å²) in [6.07, 6.45) is 4.98. The summed E-state index contributed by atoms with van der Waals surface area (Å²) < 4.78 is 13.6. The molecule has 1 saturated heterocycles. The second-order valence-corrected chi connectivity index (χ2v) is 5.63. The van der Waals surface area contributed by atoms with Gasteiger partial charge < -0.3 is 10.2 Å². The minimum Gasteiger partial charge on any atom is -0.356 e. The normalized spacial score (nSPS) is 14.6. The summed E-state index contributed by atoms with van der Waals surface area (Å²) in [5, 5.41) is 2.71. The molecule has 5 nitrogen and oxygen atoms in total. The van der Waals surface area contributed by atoms with Crippen LogP contribution in [0.25, 0.3) is 0 Å². The number of nitrogens with zero attached hydrogens (tertiary/aromatic N) is 3. The van der Waals surface area contributed by atoms with Crippen LogP contribution in [0.4, 0.5) is 16.0 Å². The van der Waals surface area contributed by atoms with Gasteiger partial charge in [0.25, 0.3) is 0 Å². The Hall–Kier alpha value is -2.50. The summed E-state index contributed by atoms with van der Waals surface area (Å²) in [7, 11) is 0. The molecule has 1 aliphatic heterocycles. The quantitative estimate of drug-likeness (QED) is 0.943. The van der Waals surface area contributed by atoms with Crippen LogP contribution < -0.4 is 10.2 Å². The molecule has 0 saturated carbocycles. The molecule has 2 heterocycles. The van der Waals surface area contributed by atoms with Crippen LogP contribution in [0.2, 0.25) is 0 Å². The number of hydrogen-bond acceptors (Lipinski definition) is 4. The van der Waals surface area contributed by atoms with Gasteiger partial charge in [0.05, 0.1) is 6.42 Å². The molecule has 1 aromatic heterocycles. The number of hydrogen-bond donors (Lipinski definition) is 1. The maximum Gasteiger partial charge on any atom is 0.230 e. The number of carbonyl (C=O) groups is 1. The maximum absolute atomic E-state index is 13.6. The summed E-state index contributed by atoms with van der Waals surface area (Å²) in [5.74, 6) is 0.598. The van der Waals surface area contributed by atoms with Crippen LogP contribution in [0.5, 0.6) is 0 Å². The standard InChI is InChI=1S/C17H19FN4O/c18-14-7-3-2-6-13(14)10-17(23)21-15-11-16(20-12-19-15)22-8-4-1-5-9-22/h2-3,6-7,11-12H,1,4-5,8-10H2,(H,19,20,21,23). The van der Waals surface area contributed by atoms with Crippen molar-refractivity contribution in [1.29, 1.82) is 0 Å². The van der Waals surface area contributed by atoms with Gasteiger partial charge >= 0.3 is 0 Å². The topological polar surface area (TPSA) is 58.1 Å². The van der Waals surface area contributed by atoms with Crippen molar-refractivity contribution in [3.05, 3.63) is 48.0 Å². The van der Waals surface area contributed by atoms with E-state index >= 15 is 0 Å². The van der Waals surface area contributed by atoms with Gasteiger partial charge in [0.2, 0.25) is 5.91 Å². The number of aromatic nitrogens is 2. The molecule has 2 aromatic rings. The molecule has 0 bridgehead atoms. The highest BCUT2D eigenvalue weighted by atomic mass is 19.1. The van der Waals surface area contributed by atoms with E-state index in [2.05, 4.69) is 20.2 Å². The highest BCUT2D eigenvalue weighted by Crippen LogP contribution is 2.19. The second-order valence-electron chi connectivity index (χ2n) is 5.63. The van der Waals surface area contributed by atoms with Crippen molar-refractivity contribution in [2.45, 2.75) is 25.7 Å². The van der Waals surface area contributed by atoms with Gasteiger partial charge in [0.15, 0.2) is 0 Å². The van der Waals surface area contributed by atoms with Crippen molar-refractivity contribution in [2.75, 3.05) is 23.3 Å². The first-order valence-electron chi connectivity index (χ1n) is 7.82. The van der Waals surface area contributed by atoms with E-state index < -0.39 is 0 Å². The van der Waals surface area contributed by atoms with Gasteiger partial charge in [-0.05, 0) is 30.9 Å². The van der Waals surface area contributed by atoms with Gasteiger partial charge in [0.1, 0.15) is 23.8 Å². The molecule has 6 heteroatoms. The number of halogens is 1. The molecular formula is C17H19FN4O. The monoisotopic (exact) mass is 314 g/mol. The summed E-state index contributed by atoms with van der Waals surface area (Å²) in [6, 6.07) is 8.04. The van der Waals surface area contributed by atoms with Gasteiger partial charge in [-0.1, -0.05) is 18.2 Å². The fourth-order valence-corrected chi connectivity index (χ4v) is 2.71. The van der Waals surface area contributed by atoms with Crippen molar-refractivity contribution in [3.8, 4) is 0 Å². The van der Waals surface area contributed by atoms with E-state index in [9.17, 15) is 9.18 Å². The Morgan fingerprint density at radius 2 is 1.96 bits per heavy atom. The van der Waals surface area contributed by atoms with Crippen molar-refractivity contribution < 1.29 is 9.18 Å². The van der Waals surface area contributed by atoms with E-state index in [0.29, 0.717) is 11.4 Å². The number of carbonyl (C=O) groups excluding carboxylic acids is 1. The second kappa shape index (κ2) is 7.17. The Bertz CT molecular complexity index is 686. The molecule has 120 valence electrons. The van der Waals surface area contributed by atoms with Gasteiger partial charge in [-0.3, -0.25) is 4.79 Å². The zero-order chi connectivity index (χ0) is 16.1. The van der Waals surface area contributed by atoms with E-state index in [1.807, 2.05) is 0 Å². The Labute approximate surface area is 134 Å². The predicted molar refractivity (Wildman–Crippen MR) is 86.8 cm³/mol. The molecule has 0 spiro atoms. The molecule has 1 amide bonds. The lowest BCUT2D eigenvalue weighted by molar-refractivity contribution is -0.115. The third kappa shape index (κ3) is 4.03. The van der Waals surface area contributed by atoms with Gasteiger partial charge in [0, 0.05) is 19.2 Å². The zero-order valence-corrected chi connectivity index (χ0v) is 12.8. The Balaban J connectivity index is 1.65. The molecule has 1 N–H and O–H groups in total.